The Morgan fingerprint density at radius 3 is 2.52 bits per heavy atom. The van der Waals surface area contributed by atoms with Crippen LogP contribution < -0.4 is 5.73 Å². The third-order valence-corrected chi connectivity index (χ3v) is 3.57. The number of fused-ring (bicyclic) bond motifs is 3. The van der Waals surface area contributed by atoms with Gasteiger partial charge in [0.05, 0.1) is 5.52 Å². The lowest BCUT2D eigenvalue weighted by Gasteiger charge is -2.06. The SMILES string of the molecule is Nc1nnc2c3ccccc3n(Cc3ccccc3)c2n1. The maximum Gasteiger partial charge on any atom is 0.242 e. The summed E-state index contributed by atoms with van der Waals surface area (Å²) >= 11 is 0. The maximum atomic E-state index is 5.71. The van der Waals surface area contributed by atoms with Crippen molar-refractivity contribution in [2.24, 2.45) is 0 Å². The van der Waals surface area contributed by atoms with E-state index in [4.69, 9.17) is 5.73 Å². The van der Waals surface area contributed by atoms with Crippen molar-refractivity contribution in [3.05, 3.63) is 60.2 Å². The van der Waals surface area contributed by atoms with E-state index in [0.29, 0.717) is 0 Å². The van der Waals surface area contributed by atoms with Crippen LogP contribution in [0, 0.1) is 0 Å². The van der Waals surface area contributed by atoms with E-state index in [9.17, 15) is 0 Å². The second-order valence-corrected chi connectivity index (χ2v) is 4.93. The first kappa shape index (κ1) is 11.8. The third kappa shape index (κ3) is 1.90. The van der Waals surface area contributed by atoms with Crippen LogP contribution in [-0.2, 0) is 6.54 Å². The second kappa shape index (κ2) is 4.56. The molecule has 0 bridgehead atoms. The number of anilines is 1. The molecule has 4 rings (SSSR count). The van der Waals surface area contributed by atoms with Crippen molar-refractivity contribution in [1.29, 1.82) is 0 Å². The van der Waals surface area contributed by atoms with Gasteiger partial charge in [-0.3, -0.25) is 0 Å². The van der Waals surface area contributed by atoms with E-state index in [1.54, 1.807) is 0 Å². The van der Waals surface area contributed by atoms with Crippen LogP contribution in [0.4, 0.5) is 5.95 Å². The molecule has 0 aliphatic carbocycles. The molecule has 0 amide bonds. The summed E-state index contributed by atoms with van der Waals surface area (Å²) in [7, 11) is 0. The van der Waals surface area contributed by atoms with Gasteiger partial charge in [0.2, 0.25) is 5.95 Å². The fourth-order valence-corrected chi connectivity index (χ4v) is 2.64. The van der Waals surface area contributed by atoms with Crippen molar-refractivity contribution in [3.63, 3.8) is 0 Å². The molecule has 0 unspecified atom stereocenters. The highest BCUT2D eigenvalue weighted by Crippen LogP contribution is 2.26. The van der Waals surface area contributed by atoms with Crippen molar-refractivity contribution >= 4 is 28.0 Å². The Hall–Kier alpha value is -2.95. The molecule has 2 aromatic carbocycles. The van der Waals surface area contributed by atoms with Crippen molar-refractivity contribution < 1.29 is 0 Å². The maximum absolute atomic E-state index is 5.71. The standard InChI is InChI=1S/C16H13N5/c17-16-18-15-14(19-20-16)12-8-4-5-9-13(12)21(15)10-11-6-2-1-3-7-11/h1-9H,10H2,(H2,17,18,20). The fraction of sp³-hybridized carbons (Fsp3) is 0.0625. The predicted molar refractivity (Wildman–Crippen MR) is 82.8 cm³/mol. The summed E-state index contributed by atoms with van der Waals surface area (Å²) < 4.78 is 2.13. The quantitative estimate of drug-likeness (QED) is 0.610. The van der Waals surface area contributed by atoms with Crippen LogP contribution in [-0.4, -0.2) is 19.7 Å². The van der Waals surface area contributed by atoms with E-state index < -0.39 is 0 Å². The average Bonchev–Trinajstić information content (AvgIpc) is 2.82. The minimum absolute atomic E-state index is 0.194. The van der Waals surface area contributed by atoms with Crippen LogP contribution in [0.2, 0.25) is 0 Å². The van der Waals surface area contributed by atoms with Gasteiger partial charge < -0.3 is 10.3 Å². The Balaban J connectivity index is 2.02. The largest absolute Gasteiger partial charge is 0.366 e. The zero-order chi connectivity index (χ0) is 14.2. The number of nitrogens with two attached hydrogens (primary N) is 1. The lowest BCUT2D eigenvalue weighted by Crippen LogP contribution is -2.03. The minimum Gasteiger partial charge on any atom is -0.366 e. The monoisotopic (exact) mass is 275 g/mol. The smallest absolute Gasteiger partial charge is 0.242 e. The van der Waals surface area contributed by atoms with E-state index in [1.165, 1.54) is 5.56 Å². The summed E-state index contributed by atoms with van der Waals surface area (Å²) in [6.07, 6.45) is 0. The predicted octanol–water partition coefficient (Wildman–Crippen LogP) is 2.61. The molecule has 4 aromatic rings. The highest BCUT2D eigenvalue weighted by atomic mass is 15.2. The summed E-state index contributed by atoms with van der Waals surface area (Å²) in [5.74, 6) is 0.194. The molecular weight excluding hydrogens is 262 g/mol. The Labute approximate surface area is 121 Å². The van der Waals surface area contributed by atoms with Crippen molar-refractivity contribution in [1.82, 2.24) is 19.7 Å². The molecule has 0 atom stereocenters. The van der Waals surface area contributed by atoms with Gasteiger partial charge >= 0.3 is 0 Å². The van der Waals surface area contributed by atoms with Crippen LogP contribution in [0.1, 0.15) is 5.56 Å². The van der Waals surface area contributed by atoms with Gasteiger partial charge in [0, 0.05) is 11.9 Å². The van der Waals surface area contributed by atoms with Crippen LogP contribution in [0.3, 0.4) is 0 Å². The molecule has 5 heteroatoms. The molecule has 21 heavy (non-hydrogen) atoms. The lowest BCUT2D eigenvalue weighted by atomic mass is 10.2. The normalized spacial score (nSPS) is 11.2. The Morgan fingerprint density at radius 2 is 1.67 bits per heavy atom. The summed E-state index contributed by atoms with van der Waals surface area (Å²) in [4.78, 5) is 4.38. The van der Waals surface area contributed by atoms with E-state index >= 15 is 0 Å². The van der Waals surface area contributed by atoms with E-state index in [2.05, 4.69) is 37.9 Å². The molecule has 2 N–H and O–H groups in total. The topological polar surface area (TPSA) is 69.6 Å². The molecular formula is C16H13N5. The first-order valence-electron chi connectivity index (χ1n) is 6.74. The highest BCUT2D eigenvalue weighted by molar-refractivity contribution is 6.04. The number of hydrogen-bond donors (Lipinski definition) is 1. The minimum atomic E-state index is 0.194. The van der Waals surface area contributed by atoms with Crippen LogP contribution >= 0.6 is 0 Å². The van der Waals surface area contributed by atoms with Gasteiger partial charge in [-0.1, -0.05) is 48.5 Å². The van der Waals surface area contributed by atoms with Gasteiger partial charge in [0.1, 0.15) is 5.52 Å². The number of benzene rings is 2. The number of nitrogen functional groups attached to an aromatic ring is 1. The van der Waals surface area contributed by atoms with E-state index in [-0.39, 0.29) is 5.95 Å². The first-order valence-corrected chi connectivity index (χ1v) is 6.74. The number of hydrogen-bond acceptors (Lipinski definition) is 4. The molecule has 5 nitrogen and oxygen atoms in total. The number of para-hydroxylation sites is 1. The molecule has 102 valence electrons. The number of aromatic nitrogens is 4. The number of nitrogens with zero attached hydrogens (tertiary/aromatic N) is 4. The van der Waals surface area contributed by atoms with Gasteiger partial charge in [0.25, 0.3) is 0 Å². The first-order chi connectivity index (χ1) is 10.3. The summed E-state index contributed by atoms with van der Waals surface area (Å²) in [5.41, 5.74) is 9.56. The van der Waals surface area contributed by atoms with E-state index in [0.717, 1.165) is 28.6 Å². The van der Waals surface area contributed by atoms with Crippen molar-refractivity contribution in [2.75, 3.05) is 5.73 Å². The van der Waals surface area contributed by atoms with Gasteiger partial charge in [0.15, 0.2) is 5.65 Å². The van der Waals surface area contributed by atoms with Crippen LogP contribution in [0.25, 0.3) is 22.1 Å². The Morgan fingerprint density at radius 1 is 0.905 bits per heavy atom. The number of rotatable bonds is 2. The molecule has 0 fully saturated rings. The molecule has 2 heterocycles. The second-order valence-electron chi connectivity index (χ2n) is 4.93. The van der Waals surface area contributed by atoms with Crippen molar-refractivity contribution in [3.8, 4) is 0 Å². The molecule has 0 saturated carbocycles. The van der Waals surface area contributed by atoms with Gasteiger partial charge in [-0.25, -0.2) is 0 Å². The molecule has 0 aliphatic heterocycles. The molecule has 2 aromatic heterocycles. The zero-order valence-corrected chi connectivity index (χ0v) is 11.3. The zero-order valence-electron chi connectivity index (χ0n) is 11.3. The Bertz CT molecular complexity index is 927. The third-order valence-electron chi connectivity index (χ3n) is 3.57. The molecule has 0 spiro atoms. The molecule has 0 radical (unpaired) electrons. The van der Waals surface area contributed by atoms with Gasteiger partial charge in [-0.2, -0.15) is 4.98 Å². The summed E-state index contributed by atoms with van der Waals surface area (Å²) in [5, 5.41) is 9.14. The van der Waals surface area contributed by atoms with Crippen molar-refractivity contribution in [2.45, 2.75) is 6.54 Å². The molecule has 0 aliphatic rings. The fourth-order valence-electron chi connectivity index (χ4n) is 2.64. The Kier molecular flexibility index (Phi) is 2.57. The highest BCUT2D eigenvalue weighted by Gasteiger charge is 2.13. The lowest BCUT2D eigenvalue weighted by molar-refractivity contribution is 0.850. The van der Waals surface area contributed by atoms with Crippen LogP contribution in [0.15, 0.2) is 54.6 Å². The van der Waals surface area contributed by atoms with Crippen LogP contribution in [0.5, 0.6) is 0 Å². The summed E-state index contributed by atoms with van der Waals surface area (Å²) in [6, 6.07) is 18.4. The van der Waals surface area contributed by atoms with E-state index in [1.807, 2.05) is 36.4 Å². The molecule has 0 saturated heterocycles. The average molecular weight is 275 g/mol. The van der Waals surface area contributed by atoms with Gasteiger partial charge in [-0.15, -0.1) is 10.2 Å². The van der Waals surface area contributed by atoms with Gasteiger partial charge in [-0.05, 0) is 11.6 Å². The summed E-state index contributed by atoms with van der Waals surface area (Å²) in [6.45, 7) is 0.725.